The molecule has 0 nitrogen and oxygen atoms in total. The van der Waals surface area contributed by atoms with Gasteiger partial charge in [-0.2, -0.15) is 0 Å². The molecule has 0 aliphatic rings. The summed E-state index contributed by atoms with van der Waals surface area (Å²) < 4.78 is 0. The van der Waals surface area contributed by atoms with Gasteiger partial charge < -0.3 is 0 Å². The van der Waals surface area contributed by atoms with Crippen LogP contribution in [-0.4, -0.2) is 0 Å². The number of benzene rings is 2. The van der Waals surface area contributed by atoms with E-state index in [4.69, 9.17) is 0 Å². The van der Waals surface area contributed by atoms with Crippen LogP contribution in [0, 0.1) is 10.8 Å². The molecule has 2 aromatic rings. The van der Waals surface area contributed by atoms with Crippen LogP contribution in [0.3, 0.4) is 0 Å². The predicted octanol–water partition coefficient (Wildman–Crippen LogP) is 15.9. The molecule has 0 heteroatoms. The van der Waals surface area contributed by atoms with Crippen LogP contribution in [0.4, 0.5) is 0 Å². The van der Waals surface area contributed by atoms with E-state index in [1.165, 1.54) is 71.1 Å². The third-order valence-corrected chi connectivity index (χ3v) is 9.40. The van der Waals surface area contributed by atoms with Gasteiger partial charge in [0.1, 0.15) is 0 Å². The quantitative estimate of drug-likeness (QED) is 0.104. The molecule has 0 bridgehead atoms. The maximum atomic E-state index is 4.54. The Bertz CT molecular complexity index is 1330. The van der Waals surface area contributed by atoms with Gasteiger partial charge >= 0.3 is 0 Å². The first kappa shape index (κ1) is 45.6. The Morgan fingerprint density at radius 2 is 1.27 bits per heavy atom. The van der Waals surface area contributed by atoms with E-state index in [0.29, 0.717) is 5.41 Å². The van der Waals surface area contributed by atoms with E-state index in [0.717, 1.165) is 61.7 Å². The predicted molar refractivity (Wildman–Crippen MR) is 227 cm³/mol. The van der Waals surface area contributed by atoms with Crippen molar-refractivity contribution in [1.82, 2.24) is 0 Å². The van der Waals surface area contributed by atoms with Gasteiger partial charge in [-0.25, -0.2) is 0 Å². The molecule has 0 saturated heterocycles. The highest BCUT2D eigenvalue weighted by Crippen LogP contribution is 2.44. The molecule has 2 aromatic carbocycles. The molecule has 0 aromatic heterocycles. The van der Waals surface area contributed by atoms with Crippen molar-refractivity contribution in [2.45, 2.75) is 139 Å². The van der Waals surface area contributed by atoms with Crippen molar-refractivity contribution in [3.8, 4) is 0 Å². The number of aryl methyl sites for hydroxylation is 1. The molecule has 0 spiro atoms. The fourth-order valence-electron chi connectivity index (χ4n) is 6.19. The number of hydrogen-bond donors (Lipinski definition) is 0. The summed E-state index contributed by atoms with van der Waals surface area (Å²) in [7, 11) is 0. The molecule has 0 aliphatic carbocycles. The first-order valence-corrected chi connectivity index (χ1v) is 18.9. The van der Waals surface area contributed by atoms with Gasteiger partial charge in [0.05, 0.1) is 0 Å². The highest BCUT2D eigenvalue weighted by atomic mass is 14.4. The smallest absolute Gasteiger partial charge is 0.00289 e. The minimum atomic E-state index is 0.180. The molecule has 1 unspecified atom stereocenters. The van der Waals surface area contributed by atoms with Crippen molar-refractivity contribution in [3.63, 3.8) is 0 Å². The van der Waals surface area contributed by atoms with Crippen LogP contribution in [0.5, 0.6) is 0 Å². The van der Waals surface area contributed by atoms with E-state index in [2.05, 4.69) is 150 Å². The summed E-state index contributed by atoms with van der Waals surface area (Å²) in [5.74, 6) is 0. The number of hydrogen-bond acceptors (Lipinski definition) is 0. The van der Waals surface area contributed by atoms with Crippen molar-refractivity contribution in [2.24, 2.45) is 10.8 Å². The van der Waals surface area contributed by atoms with E-state index >= 15 is 0 Å². The molecule has 0 saturated carbocycles. The van der Waals surface area contributed by atoms with Crippen molar-refractivity contribution in [2.75, 3.05) is 0 Å². The van der Waals surface area contributed by atoms with Crippen LogP contribution in [0.15, 0.2) is 122 Å². The zero-order chi connectivity index (χ0) is 37.6. The van der Waals surface area contributed by atoms with Crippen molar-refractivity contribution >= 4 is 11.6 Å². The van der Waals surface area contributed by atoms with Crippen LogP contribution in [0.1, 0.15) is 149 Å². The first-order valence-electron chi connectivity index (χ1n) is 18.9. The Balaban J connectivity index is 0.000000858. The molecule has 0 radical (unpaired) electrons. The van der Waals surface area contributed by atoms with E-state index in [1.54, 1.807) is 0 Å². The second-order valence-corrected chi connectivity index (χ2v) is 15.1. The molecule has 2 rings (SSSR count). The third-order valence-electron chi connectivity index (χ3n) is 9.40. The van der Waals surface area contributed by atoms with Crippen molar-refractivity contribution < 1.29 is 0 Å². The molecule has 0 aliphatic heterocycles. The Labute approximate surface area is 305 Å². The monoisotopic (exact) mass is 663 g/mol. The van der Waals surface area contributed by atoms with Crippen LogP contribution in [-0.2, 0) is 12.8 Å². The molecule has 270 valence electrons. The zero-order valence-corrected chi connectivity index (χ0v) is 33.6. The van der Waals surface area contributed by atoms with E-state index in [1.807, 2.05) is 13.0 Å². The van der Waals surface area contributed by atoms with Gasteiger partial charge in [0.25, 0.3) is 0 Å². The Morgan fingerprint density at radius 1 is 0.694 bits per heavy atom. The lowest BCUT2D eigenvalue weighted by atomic mass is 9.68. The first-order chi connectivity index (χ1) is 23.0. The molecule has 0 amide bonds. The summed E-state index contributed by atoms with van der Waals surface area (Å²) in [5.41, 5.74) is 12.9. The summed E-state index contributed by atoms with van der Waals surface area (Å²) >= 11 is 0. The molecule has 1 atom stereocenters. The fourth-order valence-corrected chi connectivity index (χ4v) is 6.19. The molecule has 0 N–H and O–H groups in total. The van der Waals surface area contributed by atoms with Gasteiger partial charge in [-0.3, -0.25) is 0 Å². The maximum Gasteiger partial charge on any atom is -0.00289 e. The normalized spacial score (nSPS) is 11.9. The summed E-state index contributed by atoms with van der Waals surface area (Å²) in [5, 5.41) is 0. The minimum absolute atomic E-state index is 0.180. The highest BCUT2D eigenvalue weighted by Gasteiger charge is 2.31. The second-order valence-electron chi connectivity index (χ2n) is 15.1. The van der Waals surface area contributed by atoms with Crippen LogP contribution in [0.25, 0.3) is 11.6 Å². The van der Waals surface area contributed by atoms with Gasteiger partial charge in [-0.05, 0) is 121 Å². The zero-order valence-electron chi connectivity index (χ0n) is 33.6. The lowest BCUT2D eigenvalue weighted by Crippen LogP contribution is -2.24. The van der Waals surface area contributed by atoms with Gasteiger partial charge in [0.15, 0.2) is 0 Å². The summed E-state index contributed by atoms with van der Waals surface area (Å²) in [6, 6.07) is 17.1. The minimum Gasteiger partial charge on any atom is -0.0999 e. The SMILES string of the molecule is C=C(C)C(=C)c1ccc(CC)cc1.C=C(CC)CC(C)(C)C.C=Cc1ccc(CC(=C)C(=C)C(CC)(CCC)CCCC(=C)CCC)cc1. The Kier molecular flexibility index (Phi) is 22.2. The Hall–Kier alpha value is -3.38. The fraction of sp³-hybridized carbons (Fsp3) is 0.469. The van der Waals surface area contributed by atoms with Crippen LogP contribution < -0.4 is 0 Å². The molecule has 0 fully saturated rings. The maximum absolute atomic E-state index is 4.54. The van der Waals surface area contributed by atoms with E-state index in [-0.39, 0.29) is 5.41 Å². The third kappa shape index (κ3) is 18.3. The van der Waals surface area contributed by atoms with Crippen LogP contribution >= 0.6 is 0 Å². The average molecular weight is 663 g/mol. The van der Waals surface area contributed by atoms with Gasteiger partial charge in [-0.15, -0.1) is 0 Å². The van der Waals surface area contributed by atoms with Gasteiger partial charge in [0.2, 0.25) is 0 Å². The molecular weight excluding hydrogens is 589 g/mol. The van der Waals surface area contributed by atoms with E-state index in [9.17, 15) is 0 Å². The van der Waals surface area contributed by atoms with Crippen molar-refractivity contribution in [1.29, 1.82) is 0 Å². The standard InChI is InChI=1S/C27H40.C13H16.C9H18/c1-8-13-22(5)14-12-20-27(11-4,19-9-2)24(7)23(6)21-26-17-15-25(10-3)16-18-26;1-5-12-6-8-13(9-7-12)11(4)10(2)3;1-6-8(2)7-9(3,4)5/h10,15-18H,3,5-9,11-14,19-21H2,1-2,4H3;6-9H,2,4-5H2,1,3H3;2,6-7H2,1,3-5H3. The highest BCUT2D eigenvalue weighted by molar-refractivity contribution is 5.75. The molecule has 0 heterocycles. The summed E-state index contributed by atoms with van der Waals surface area (Å²) in [6.45, 7) is 48.7. The average Bonchev–Trinajstić information content (AvgIpc) is 3.07. The lowest BCUT2D eigenvalue weighted by molar-refractivity contribution is 0.281. The summed E-state index contributed by atoms with van der Waals surface area (Å²) in [6.07, 6.45) is 15.5. The molecule has 49 heavy (non-hydrogen) atoms. The Morgan fingerprint density at radius 3 is 1.67 bits per heavy atom. The topological polar surface area (TPSA) is 0 Å². The van der Waals surface area contributed by atoms with Gasteiger partial charge in [-0.1, -0.05) is 186 Å². The second kappa shape index (κ2) is 23.9. The van der Waals surface area contributed by atoms with Gasteiger partial charge in [0, 0.05) is 0 Å². The number of allylic oxidation sites excluding steroid dienone is 6. The van der Waals surface area contributed by atoms with Crippen LogP contribution in [0.2, 0.25) is 0 Å². The van der Waals surface area contributed by atoms with Crippen molar-refractivity contribution in [3.05, 3.63) is 145 Å². The summed E-state index contributed by atoms with van der Waals surface area (Å²) in [4.78, 5) is 0. The number of rotatable bonds is 19. The lowest BCUT2D eigenvalue weighted by Gasteiger charge is -2.36. The molecular formula is C49H74. The largest absolute Gasteiger partial charge is 0.0999 e. The van der Waals surface area contributed by atoms with E-state index < -0.39 is 0 Å².